The van der Waals surface area contributed by atoms with E-state index in [4.69, 9.17) is 0 Å². The molecule has 1 saturated heterocycles. The molecule has 2 heterocycles. The summed E-state index contributed by atoms with van der Waals surface area (Å²) >= 11 is 0. The summed E-state index contributed by atoms with van der Waals surface area (Å²) in [5, 5.41) is 7.64. The maximum Gasteiger partial charge on any atom is 0.135 e. The van der Waals surface area contributed by atoms with Crippen LogP contribution < -0.4 is 10.6 Å². The first-order chi connectivity index (χ1) is 12.8. The molecule has 2 fully saturated rings. The van der Waals surface area contributed by atoms with E-state index in [0.717, 1.165) is 17.8 Å². The number of allylic oxidation sites excluding steroid dienone is 3. The van der Waals surface area contributed by atoms with Gasteiger partial charge in [-0.3, -0.25) is 10.2 Å². The highest BCUT2D eigenvalue weighted by Crippen LogP contribution is 2.45. The van der Waals surface area contributed by atoms with Crippen molar-refractivity contribution in [2.24, 2.45) is 17.8 Å². The molecule has 0 bridgehead atoms. The van der Waals surface area contributed by atoms with Crippen LogP contribution in [0.4, 0.5) is 0 Å². The molecule has 2 aliphatic heterocycles. The molecule has 4 aliphatic rings. The fourth-order valence-corrected chi connectivity index (χ4v) is 4.48. The summed E-state index contributed by atoms with van der Waals surface area (Å²) in [6, 6.07) is 11.1. The van der Waals surface area contributed by atoms with Gasteiger partial charge in [0.15, 0.2) is 0 Å². The Bertz CT molecular complexity index is 740. The molecular weight excluding hydrogens is 318 g/mol. The Balaban J connectivity index is 1.42. The van der Waals surface area contributed by atoms with Gasteiger partial charge >= 0.3 is 0 Å². The highest BCUT2D eigenvalue weighted by molar-refractivity contribution is 5.46. The lowest BCUT2D eigenvalue weighted by Gasteiger charge is -2.42. The normalized spacial score (nSPS) is 34.5. The lowest BCUT2D eigenvalue weighted by Crippen LogP contribution is -2.59. The van der Waals surface area contributed by atoms with Gasteiger partial charge in [0.05, 0.1) is 6.04 Å². The average molecular weight is 348 g/mol. The van der Waals surface area contributed by atoms with Gasteiger partial charge in [0, 0.05) is 18.8 Å². The van der Waals surface area contributed by atoms with Crippen LogP contribution in [0, 0.1) is 17.8 Å². The van der Waals surface area contributed by atoms with E-state index in [9.17, 15) is 0 Å². The molecule has 4 atom stereocenters. The second-order valence-electron chi connectivity index (χ2n) is 8.45. The van der Waals surface area contributed by atoms with E-state index >= 15 is 0 Å². The predicted octanol–water partition coefficient (Wildman–Crippen LogP) is 3.95. The number of rotatable bonds is 3. The Kier molecular flexibility index (Phi) is 4.22. The van der Waals surface area contributed by atoms with E-state index in [1.807, 2.05) is 0 Å². The molecule has 0 amide bonds. The lowest BCUT2D eigenvalue weighted by atomic mass is 9.97. The van der Waals surface area contributed by atoms with Gasteiger partial charge in [0.1, 0.15) is 6.29 Å². The first kappa shape index (κ1) is 16.3. The van der Waals surface area contributed by atoms with Crippen molar-refractivity contribution in [2.45, 2.75) is 38.5 Å². The van der Waals surface area contributed by atoms with Crippen LogP contribution in [0.1, 0.15) is 37.8 Å². The van der Waals surface area contributed by atoms with Crippen LogP contribution in [0.2, 0.25) is 0 Å². The quantitative estimate of drug-likeness (QED) is 0.867. The van der Waals surface area contributed by atoms with E-state index in [-0.39, 0.29) is 12.3 Å². The Hall–Kier alpha value is -1.84. The molecular formula is C23H29N3. The minimum absolute atomic E-state index is 0.207. The first-order valence-corrected chi connectivity index (χ1v) is 10.2. The molecule has 3 heteroatoms. The van der Waals surface area contributed by atoms with Gasteiger partial charge < -0.3 is 5.32 Å². The van der Waals surface area contributed by atoms with Crippen LogP contribution >= 0.6 is 0 Å². The van der Waals surface area contributed by atoms with Crippen molar-refractivity contribution in [3.63, 3.8) is 0 Å². The minimum Gasteiger partial charge on any atom is -0.357 e. The molecule has 0 aromatic heterocycles. The van der Waals surface area contributed by atoms with Crippen LogP contribution in [0.3, 0.4) is 0 Å². The molecule has 2 aliphatic carbocycles. The zero-order valence-corrected chi connectivity index (χ0v) is 15.6. The molecule has 4 unspecified atom stereocenters. The summed E-state index contributed by atoms with van der Waals surface area (Å²) in [6.45, 7) is 4.71. The number of nitrogens with one attached hydrogen (secondary N) is 2. The molecule has 2 N–H and O–H groups in total. The molecule has 0 spiro atoms. The number of likely N-dealkylation sites (tertiary alicyclic amines) is 1. The number of nitrogens with zero attached hydrogens (tertiary/aromatic N) is 1. The van der Waals surface area contributed by atoms with Crippen LogP contribution in [0.15, 0.2) is 65.9 Å². The van der Waals surface area contributed by atoms with Crippen molar-refractivity contribution in [3.05, 3.63) is 71.5 Å². The largest absolute Gasteiger partial charge is 0.357 e. The van der Waals surface area contributed by atoms with Crippen LogP contribution in [0.25, 0.3) is 0 Å². The van der Waals surface area contributed by atoms with E-state index in [1.165, 1.54) is 49.2 Å². The summed E-state index contributed by atoms with van der Waals surface area (Å²) in [5.74, 6) is 2.44. The minimum atomic E-state index is 0.207. The van der Waals surface area contributed by atoms with Crippen molar-refractivity contribution in [1.29, 1.82) is 0 Å². The van der Waals surface area contributed by atoms with Gasteiger partial charge in [-0.2, -0.15) is 0 Å². The topological polar surface area (TPSA) is 27.3 Å². The second-order valence-corrected chi connectivity index (χ2v) is 8.45. The van der Waals surface area contributed by atoms with E-state index in [1.54, 1.807) is 0 Å². The van der Waals surface area contributed by atoms with Gasteiger partial charge in [-0.25, -0.2) is 0 Å². The average Bonchev–Trinajstić information content (AvgIpc) is 3.48. The van der Waals surface area contributed by atoms with Crippen LogP contribution in [-0.2, 0) is 0 Å². The number of fused-ring (bicyclic) bond motifs is 1. The highest BCUT2D eigenvalue weighted by atomic mass is 15.4. The number of hydrogen-bond donors (Lipinski definition) is 2. The molecule has 1 aromatic carbocycles. The second kappa shape index (κ2) is 6.71. The molecule has 1 aromatic rings. The van der Waals surface area contributed by atoms with Gasteiger partial charge in [-0.05, 0) is 54.2 Å². The standard InChI is InChI=1S/C23H29N3/c1-16-9-11-26(12-10-16)23-24-21(17-5-3-2-4-6-17)15-22(25-23)19-8-7-18-13-20(18)14-19/h2-8,14-16,18,20-21,23-25H,9-13H2,1H3. The van der Waals surface area contributed by atoms with E-state index < -0.39 is 0 Å². The Morgan fingerprint density at radius 2 is 1.81 bits per heavy atom. The zero-order valence-electron chi connectivity index (χ0n) is 15.6. The maximum atomic E-state index is 3.83. The maximum absolute atomic E-state index is 3.83. The Labute approximate surface area is 156 Å². The highest BCUT2D eigenvalue weighted by Gasteiger charge is 2.36. The van der Waals surface area contributed by atoms with Gasteiger partial charge in [-0.15, -0.1) is 0 Å². The molecule has 136 valence electrons. The van der Waals surface area contributed by atoms with Crippen LogP contribution in [0.5, 0.6) is 0 Å². The van der Waals surface area contributed by atoms with Crippen molar-refractivity contribution in [2.75, 3.05) is 13.1 Å². The summed E-state index contributed by atoms with van der Waals surface area (Å²) in [5.41, 5.74) is 4.01. The fourth-order valence-electron chi connectivity index (χ4n) is 4.48. The third-order valence-electron chi connectivity index (χ3n) is 6.42. The molecule has 5 rings (SSSR count). The third-order valence-corrected chi connectivity index (χ3v) is 6.42. The monoisotopic (exact) mass is 347 g/mol. The van der Waals surface area contributed by atoms with Crippen molar-refractivity contribution >= 4 is 0 Å². The molecule has 0 radical (unpaired) electrons. The van der Waals surface area contributed by atoms with Crippen molar-refractivity contribution < 1.29 is 0 Å². The summed E-state index contributed by atoms with van der Waals surface area (Å²) in [7, 11) is 0. The van der Waals surface area contributed by atoms with Gasteiger partial charge in [-0.1, -0.05) is 55.5 Å². The van der Waals surface area contributed by atoms with E-state index in [2.05, 4.69) is 77.1 Å². The molecule has 1 saturated carbocycles. The van der Waals surface area contributed by atoms with Crippen LogP contribution in [-0.4, -0.2) is 24.3 Å². The summed E-state index contributed by atoms with van der Waals surface area (Å²) in [6.07, 6.45) is 13.7. The SMILES string of the molecule is CC1CCN(C2NC(C3=CC4CC4C=C3)=CC(c3ccccc3)N2)CC1. The number of piperidine rings is 1. The first-order valence-electron chi connectivity index (χ1n) is 10.2. The fraction of sp³-hybridized carbons (Fsp3) is 0.478. The summed E-state index contributed by atoms with van der Waals surface area (Å²) < 4.78 is 0. The lowest BCUT2D eigenvalue weighted by molar-refractivity contribution is 0.0900. The summed E-state index contributed by atoms with van der Waals surface area (Å²) in [4.78, 5) is 2.58. The zero-order chi connectivity index (χ0) is 17.5. The smallest absolute Gasteiger partial charge is 0.135 e. The molecule has 3 nitrogen and oxygen atoms in total. The van der Waals surface area contributed by atoms with Gasteiger partial charge in [0.25, 0.3) is 0 Å². The van der Waals surface area contributed by atoms with E-state index in [0.29, 0.717) is 0 Å². The number of hydrogen-bond acceptors (Lipinski definition) is 3. The van der Waals surface area contributed by atoms with Gasteiger partial charge in [0.2, 0.25) is 0 Å². The van der Waals surface area contributed by atoms with Crippen molar-refractivity contribution in [1.82, 2.24) is 15.5 Å². The Morgan fingerprint density at radius 1 is 1.00 bits per heavy atom. The predicted molar refractivity (Wildman–Crippen MR) is 106 cm³/mol. The third kappa shape index (κ3) is 3.26. The Morgan fingerprint density at radius 3 is 2.58 bits per heavy atom. The molecule has 26 heavy (non-hydrogen) atoms. The number of benzene rings is 1. The van der Waals surface area contributed by atoms with Crippen molar-refractivity contribution in [3.8, 4) is 0 Å².